The van der Waals surface area contributed by atoms with Crippen LogP contribution in [0.15, 0.2) is 12.1 Å². The molecule has 5 heteroatoms. The molecule has 1 aliphatic carbocycles. The van der Waals surface area contributed by atoms with Crippen molar-refractivity contribution in [1.82, 2.24) is 5.32 Å². The van der Waals surface area contributed by atoms with Crippen molar-refractivity contribution in [3.8, 4) is 0 Å². The van der Waals surface area contributed by atoms with Gasteiger partial charge in [0.15, 0.2) is 0 Å². The summed E-state index contributed by atoms with van der Waals surface area (Å²) in [6, 6.07) is 3.80. The third-order valence-corrected chi connectivity index (χ3v) is 4.79. The number of hydrogen-bond acceptors (Lipinski definition) is 2. The highest BCUT2D eigenvalue weighted by molar-refractivity contribution is 7.16. The average molecular weight is 294 g/mol. The summed E-state index contributed by atoms with van der Waals surface area (Å²) in [6.45, 7) is 2.78. The van der Waals surface area contributed by atoms with Crippen molar-refractivity contribution < 1.29 is 8.78 Å². The van der Waals surface area contributed by atoms with Crippen LogP contribution in [-0.4, -0.2) is 12.5 Å². The van der Waals surface area contributed by atoms with Gasteiger partial charge in [-0.25, -0.2) is 8.78 Å². The van der Waals surface area contributed by atoms with Crippen molar-refractivity contribution in [2.24, 2.45) is 5.92 Å². The summed E-state index contributed by atoms with van der Waals surface area (Å²) in [5, 5.41) is 3.34. The zero-order chi connectivity index (χ0) is 13.2. The van der Waals surface area contributed by atoms with Crippen LogP contribution in [0.5, 0.6) is 0 Å². The van der Waals surface area contributed by atoms with Crippen molar-refractivity contribution in [2.75, 3.05) is 6.54 Å². The van der Waals surface area contributed by atoms with E-state index in [-0.39, 0.29) is 24.8 Å². The summed E-state index contributed by atoms with van der Waals surface area (Å²) in [4.78, 5) is 1.07. The molecule has 2 rings (SSSR count). The van der Waals surface area contributed by atoms with Gasteiger partial charge in [-0.1, -0.05) is 18.5 Å². The number of alkyl halides is 2. The monoisotopic (exact) mass is 293 g/mol. The third-order valence-electron chi connectivity index (χ3n) is 3.47. The highest BCUT2D eigenvalue weighted by Gasteiger charge is 2.39. The Labute approximate surface area is 116 Å². The van der Waals surface area contributed by atoms with Gasteiger partial charge in [-0.15, -0.1) is 11.3 Å². The largest absolute Gasteiger partial charge is 0.309 e. The van der Waals surface area contributed by atoms with Gasteiger partial charge in [0.2, 0.25) is 5.92 Å². The molecular formula is C13H18ClF2NS. The van der Waals surface area contributed by atoms with E-state index < -0.39 is 5.92 Å². The van der Waals surface area contributed by atoms with Crippen molar-refractivity contribution in [3.05, 3.63) is 21.3 Å². The van der Waals surface area contributed by atoms with E-state index in [1.807, 2.05) is 19.1 Å². The number of thiophene rings is 1. The fourth-order valence-corrected chi connectivity index (χ4v) is 3.94. The van der Waals surface area contributed by atoms with Crippen LogP contribution in [0.25, 0.3) is 0 Å². The van der Waals surface area contributed by atoms with E-state index in [4.69, 9.17) is 11.6 Å². The van der Waals surface area contributed by atoms with Crippen molar-refractivity contribution >= 4 is 22.9 Å². The quantitative estimate of drug-likeness (QED) is 0.834. The van der Waals surface area contributed by atoms with Crippen LogP contribution >= 0.6 is 22.9 Å². The standard InChI is InChI=1S/C13H18ClF2NS/c1-2-17-12(10-5-6-11(14)18-10)9-4-3-7-13(15,16)8-9/h5-6,9,12,17H,2-4,7-8H2,1H3. The molecule has 0 aromatic carbocycles. The van der Waals surface area contributed by atoms with Gasteiger partial charge in [-0.3, -0.25) is 0 Å². The minimum absolute atomic E-state index is 0.00316. The summed E-state index contributed by atoms with van der Waals surface area (Å²) in [6.07, 6.45) is 1.50. The first-order valence-electron chi connectivity index (χ1n) is 6.38. The Kier molecular flexibility index (Phi) is 4.62. The third kappa shape index (κ3) is 3.43. The first-order chi connectivity index (χ1) is 8.52. The molecule has 0 radical (unpaired) electrons. The van der Waals surface area contributed by atoms with Crippen LogP contribution < -0.4 is 5.32 Å². The molecule has 0 saturated heterocycles. The van der Waals surface area contributed by atoms with E-state index in [1.165, 1.54) is 11.3 Å². The lowest BCUT2D eigenvalue weighted by molar-refractivity contribution is -0.0581. The van der Waals surface area contributed by atoms with Gasteiger partial charge >= 0.3 is 0 Å². The van der Waals surface area contributed by atoms with Crippen LogP contribution in [0.2, 0.25) is 4.34 Å². The highest BCUT2D eigenvalue weighted by atomic mass is 35.5. The van der Waals surface area contributed by atoms with Crippen molar-refractivity contribution in [2.45, 2.75) is 44.6 Å². The lowest BCUT2D eigenvalue weighted by Crippen LogP contribution is -2.35. The van der Waals surface area contributed by atoms with Gasteiger partial charge in [-0.05, 0) is 37.4 Å². The van der Waals surface area contributed by atoms with Gasteiger partial charge in [0.1, 0.15) is 0 Å². The molecule has 0 bridgehead atoms. The molecule has 1 aromatic rings. The Hall–Kier alpha value is -0.190. The molecule has 1 nitrogen and oxygen atoms in total. The van der Waals surface area contributed by atoms with Crippen molar-refractivity contribution in [1.29, 1.82) is 0 Å². The van der Waals surface area contributed by atoms with E-state index in [0.717, 1.165) is 22.2 Å². The molecular weight excluding hydrogens is 276 g/mol. The maximum absolute atomic E-state index is 13.5. The minimum Gasteiger partial charge on any atom is -0.309 e. The average Bonchev–Trinajstić information content (AvgIpc) is 2.71. The zero-order valence-electron chi connectivity index (χ0n) is 10.4. The fourth-order valence-electron chi connectivity index (χ4n) is 2.71. The molecule has 1 fully saturated rings. The molecule has 0 amide bonds. The Bertz CT molecular complexity index is 394. The van der Waals surface area contributed by atoms with Gasteiger partial charge in [0, 0.05) is 23.8 Å². The predicted molar refractivity (Wildman–Crippen MR) is 72.7 cm³/mol. The lowest BCUT2D eigenvalue weighted by Gasteiger charge is -2.34. The Morgan fingerprint density at radius 2 is 2.33 bits per heavy atom. The molecule has 18 heavy (non-hydrogen) atoms. The first-order valence-corrected chi connectivity index (χ1v) is 7.58. The second-order valence-corrected chi connectivity index (χ2v) is 6.64. The summed E-state index contributed by atoms with van der Waals surface area (Å²) in [5.74, 6) is -2.50. The molecule has 1 aliphatic rings. The predicted octanol–water partition coefficient (Wildman–Crippen LogP) is 4.88. The Balaban J connectivity index is 2.14. The van der Waals surface area contributed by atoms with Gasteiger partial charge in [0.25, 0.3) is 0 Å². The number of rotatable bonds is 4. The van der Waals surface area contributed by atoms with Gasteiger partial charge < -0.3 is 5.32 Å². The van der Waals surface area contributed by atoms with Crippen LogP contribution in [0.1, 0.15) is 43.5 Å². The maximum atomic E-state index is 13.5. The summed E-state index contributed by atoms with van der Waals surface area (Å²) in [5.41, 5.74) is 0. The number of nitrogens with one attached hydrogen (secondary N) is 1. The molecule has 2 atom stereocenters. The second kappa shape index (κ2) is 5.85. The van der Waals surface area contributed by atoms with E-state index in [1.54, 1.807) is 0 Å². The molecule has 0 spiro atoms. The number of halogens is 3. The van der Waals surface area contributed by atoms with Gasteiger partial charge in [0.05, 0.1) is 4.34 Å². The molecule has 1 saturated carbocycles. The topological polar surface area (TPSA) is 12.0 Å². The highest BCUT2D eigenvalue weighted by Crippen LogP contribution is 2.43. The van der Waals surface area contributed by atoms with E-state index in [9.17, 15) is 8.78 Å². The van der Waals surface area contributed by atoms with E-state index in [0.29, 0.717) is 6.42 Å². The Morgan fingerprint density at radius 1 is 1.56 bits per heavy atom. The summed E-state index contributed by atoms with van der Waals surface area (Å²) in [7, 11) is 0. The molecule has 1 N–H and O–H groups in total. The van der Waals surface area contributed by atoms with Crippen LogP contribution in [0, 0.1) is 5.92 Å². The van der Waals surface area contributed by atoms with E-state index in [2.05, 4.69) is 5.32 Å². The second-order valence-electron chi connectivity index (χ2n) is 4.89. The van der Waals surface area contributed by atoms with Crippen molar-refractivity contribution in [3.63, 3.8) is 0 Å². The van der Waals surface area contributed by atoms with E-state index >= 15 is 0 Å². The Morgan fingerprint density at radius 3 is 2.89 bits per heavy atom. The van der Waals surface area contributed by atoms with Gasteiger partial charge in [-0.2, -0.15) is 0 Å². The SMILES string of the molecule is CCNC(c1ccc(Cl)s1)C1CCCC(F)(F)C1. The first kappa shape index (κ1) is 14.2. The smallest absolute Gasteiger partial charge is 0.248 e. The van der Waals surface area contributed by atoms with Crippen LogP contribution in [-0.2, 0) is 0 Å². The normalized spacial score (nSPS) is 25.0. The minimum atomic E-state index is -2.50. The van der Waals surface area contributed by atoms with Crippen LogP contribution in [0.4, 0.5) is 8.78 Å². The lowest BCUT2D eigenvalue weighted by atomic mass is 9.81. The molecule has 102 valence electrons. The summed E-state index contributed by atoms with van der Waals surface area (Å²) >= 11 is 7.43. The zero-order valence-corrected chi connectivity index (χ0v) is 12.0. The molecule has 2 unspecified atom stereocenters. The molecule has 0 aliphatic heterocycles. The summed E-state index contributed by atoms with van der Waals surface area (Å²) < 4.78 is 27.8. The molecule has 1 aromatic heterocycles. The molecule has 1 heterocycles. The maximum Gasteiger partial charge on any atom is 0.248 e. The number of hydrogen-bond donors (Lipinski definition) is 1. The van der Waals surface area contributed by atoms with Crippen LogP contribution in [0.3, 0.4) is 0 Å². The fraction of sp³-hybridized carbons (Fsp3) is 0.692.